The van der Waals surface area contributed by atoms with E-state index < -0.39 is 7.26 Å². The SMILES string of the molecule is C[P+](c1ccccc1)(c1ccccc1)c1ccccc1N1CCCC1=O. The highest BCUT2D eigenvalue weighted by atomic mass is 31.2. The lowest BCUT2D eigenvalue weighted by atomic mass is 10.3. The first-order chi connectivity index (χ1) is 12.7. The predicted molar refractivity (Wildman–Crippen MR) is 113 cm³/mol. The average molecular weight is 360 g/mol. The van der Waals surface area contributed by atoms with Crippen molar-refractivity contribution in [1.82, 2.24) is 0 Å². The first kappa shape index (κ1) is 17.0. The highest BCUT2D eigenvalue weighted by Gasteiger charge is 2.43. The van der Waals surface area contributed by atoms with Crippen molar-refractivity contribution in [1.29, 1.82) is 0 Å². The molecular formula is C23H23NOP+. The molecule has 3 aromatic rings. The van der Waals surface area contributed by atoms with Crippen LogP contribution in [0.5, 0.6) is 0 Å². The summed E-state index contributed by atoms with van der Waals surface area (Å²) < 4.78 is 0. The van der Waals surface area contributed by atoms with Gasteiger partial charge in [-0.3, -0.25) is 4.79 Å². The molecule has 2 nitrogen and oxygen atoms in total. The molecule has 0 unspecified atom stereocenters. The molecule has 0 radical (unpaired) electrons. The molecule has 1 aliphatic heterocycles. The van der Waals surface area contributed by atoms with Gasteiger partial charge in [0.15, 0.2) is 0 Å². The summed E-state index contributed by atoms with van der Waals surface area (Å²) in [6.07, 6.45) is 1.60. The zero-order valence-corrected chi connectivity index (χ0v) is 15.9. The lowest BCUT2D eigenvalue weighted by Gasteiger charge is -2.28. The second-order valence-electron chi connectivity index (χ2n) is 6.81. The zero-order valence-electron chi connectivity index (χ0n) is 15.0. The molecule has 0 spiro atoms. The molecule has 1 saturated heterocycles. The van der Waals surface area contributed by atoms with Crippen molar-refractivity contribution in [2.24, 2.45) is 0 Å². The minimum absolute atomic E-state index is 0.241. The smallest absolute Gasteiger partial charge is 0.227 e. The molecular weight excluding hydrogens is 337 g/mol. The van der Waals surface area contributed by atoms with Gasteiger partial charge < -0.3 is 4.90 Å². The number of amides is 1. The van der Waals surface area contributed by atoms with E-state index in [1.165, 1.54) is 15.9 Å². The maximum Gasteiger partial charge on any atom is 0.227 e. The van der Waals surface area contributed by atoms with Crippen LogP contribution in [0.1, 0.15) is 12.8 Å². The number of carbonyl (C=O) groups excluding carboxylic acids is 1. The maximum atomic E-state index is 12.5. The number of hydrogen-bond acceptors (Lipinski definition) is 1. The molecule has 1 amide bonds. The van der Waals surface area contributed by atoms with Crippen molar-refractivity contribution >= 4 is 34.8 Å². The third-order valence-electron chi connectivity index (χ3n) is 5.27. The topological polar surface area (TPSA) is 20.3 Å². The summed E-state index contributed by atoms with van der Waals surface area (Å²) in [6.45, 7) is 3.19. The Morgan fingerprint density at radius 2 is 1.31 bits per heavy atom. The van der Waals surface area contributed by atoms with Gasteiger partial charge in [0.1, 0.15) is 23.2 Å². The van der Waals surface area contributed by atoms with Gasteiger partial charge in [0.25, 0.3) is 0 Å². The molecule has 3 aromatic carbocycles. The summed E-state index contributed by atoms with van der Waals surface area (Å²) in [5.74, 6) is 0.241. The molecule has 1 fully saturated rings. The molecule has 1 aliphatic rings. The lowest BCUT2D eigenvalue weighted by molar-refractivity contribution is -0.117. The van der Waals surface area contributed by atoms with Crippen molar-refractivity contribution in [2.75, 3.05) is 18.1 Å². The summed E-state index contributed by atoms with van der Waals surface area (Å²) in [6, 6.07) is 30.0. The number of benzene rings is 3. The van der Waals surface area contributed by atoms with Gasteiger partial charge >= 0.3 is 0 Å². The molecule has 0 atom stereocenters. The van der Waals surface area contributed by atoms with E-state index in [1.807, 2.05) is 11.0 Å². The fourth-order valence-electron chi connectivity index (χ4n) is 3.85. The van der Waals surface area contributed by atoms with E-state index in [1.54, 1.807) is 0 Å². The molecule has 130 valence electrons. The van der Waals surface area contributed by atoms with E-state index in [0.717, 1.165) is 18.7 Å². The molecule has 1 heterocycles. The molecule has 4 rings (SSSR count). The summed E-state index contributed by atoms with van der Waals surface area (Å²) in [4.78, 5) is 14.5. The average Bonchev–Trinajstić information content (AvgIpc) is 3.14. The summed E-state index contributed by atoms with van der Waals surface area (Å²) >= 11 is 0. The van der Waals surface area contributed by atoms with Gasteiger partial charge in [0.2, 0.25) is 5.91 Å². The second kappa shape index (κ2) is 7.05. The Morgan fingerprint density at radius 3 is 1.85 bits per heavy atom. The Kier molecular flexibility index (Phi) is 4.61. The van der Waals surface area contributed by atoms with Crippen LogP contribution >= 0.6 is 7.26 Å². The first-order valence-electron chi connectivity index (χ1n) is 9.09. The van der Waals surface area contributed by atoms with Crippen LogP contribution in [-0.4, -0.2) is 19.1 Å². The Bertz CT molecular complexity index is 868. The Labute approximate surface area is 155 Å². The van der Waals surface area contributed by atoms with Crippen LogP contribution in [-0.2, 0) is 4.79 Å². The van der Waals surface area contributed by atoms with E-state index in [2.05, 4.69) is 85.5 Å². The fourth-order valence-corrected chi connectivity index (χ4v) is 7.28. The number of para-hydroxylation sites is 1. The predicted octanol–water partition coefficient (Wildman–Crippen LogP) is 3.74. The van der Waals surface area contributed by atoms with E-state index in [0.29, 0.717) is 6.42 Å². The van der Waals surface area contributed by atoms with Crippen LogP contribution in [0.3, 0.4) is 0 Å². The highest BCUT2D eigenvalue weighted by molar-refractivity contribution is 7.95. The molecule has 3 heteroatoms. The summed E-state index contributed by atoms with van der Waals surface area (Å²) in [5, 5.41) is 3.96. The van der Waals surface area contributed by atoms with Crippen molar-refractivity contribution in [2.45, 2.75) is 12.8 Å². The van der Waals surface area contributed by atoms with Gasteiger partial charge in [-0.2, -0.15) is 0 Å². The van der Waals surface area contributed by atoms with Gasteiger partial charge in [0, 0.05) is 13.0 Å². The van der Waals surface area contributed by atoms with E-state index in [-0.39, 0.29) is 5.91 Å². The van der Waals surface area contributed by atoms with Gasteiger partial charge in [-0.05, 0) is 42.8 Å². The Hall–Kier alpha value is -2.44. The molecule has 0 aliphatic carbocycles. The fraction of sp³-hybridized carbons (Fsp3) is 0.174. The number of rotatable bonds is 4. The summed E-state index contributed by atoms with van der Waals surface area (Å²) in [7, 11) is -1.84. The van der Waals surface area contributed by atoms with Crippen molar-refractivity contribution in [3.05, 3.63) is 84.9 Å². The highest BCUT2D eigenvalue weighted by Crippen LogP contribution is 2.53. The molecule has 0 N–H and O–H groups in total. The lowest BCUT2D eigenvalue weighted by Crippen LogP contribution is -2.36. The van der Waals surface area contributed by atoms with Gasteiger partial charge in [0.05, 0.1) is 12.4 Å². The van der Waals surface area contributed by atoms with Crippen LogP contribution in [0.2, 0.25) is 0 Å². The monoisotopic (exact) mass is 360 g/mol. The number of nitrogens with zero attached hydrogens (tertiary/aromatic N) is 1. The number of anilines is 1. The summed E-state index contributed by atoms with van der Waals surface area (Å²) in [5.41, 5.74) is 1.08. The quantitative estimate of drug-likeness (QED) is 0.649. The maximum absolute atomic E-state index is 12.5. The van der Waals surface area contributed by atoms with Crippen LogP contribution in [0.25, 0.3) is 0 Å². The van der Waals surface area contributed by atoms with Crippen molar-refractivity contribution in [3.8, 4) is 0 Å². The Balaban J connectivity index is 1.96. The van der Waals surface area contributed by atoms with E-state index >= 15 is 0 Å². The van der Waals surface area contributed by atoms with Gasteiger partial charge in [-0.1, -0.05) is 48.5 Å². The molecule has 26 heavy (non-hydrogen) atoms. The Morgan fingerprint density at radius 1 is 0.769 bits per heavy atom. The minimum Gasteiger partial charge on any atom is -0.309 e. The minimum atomic E-state index is -1.84. The number of hydrogen-bond donors (Lipinski definition) is 0. The van der Waals surface area contributed by atoms with Crippen molar-refractivity contribution in [3.63, 3.8) is 0 Å². The van der Waals surface area contributed by atoms with Gasteiger partial charge in [-0.15, -0.1) is 0 Å². The van der Waals surface area contributed by atoms with Gasteiger partial charge in [-0.25, -0.2) is 0 Å². The second-order valence-corrected chi connectivity index (χ2v) is 10.3. The largest absolute Gasteiger partial charge is 0.309 e. The first-order valence-corrected chi connectivity index (χ1v) is 11.3. The van der Waals surface area contributed by atoms with E-state index in [9.17, 15) is 4.79 Å². The standard InChI is InChI=1S/C23H23NOP/c1-26(19-11-4-2-5-12-19,20-13-6-3-7-14-20)22-16-9-8-15-21(22)24-18-10-17-23(24)25/h2-9,11-16H,10,17-18H2,1H3/q+1. The number of carbonyl (C=O) groups is 1. The van der Waals surface area contributed by atoms with Crippen LogP contribution < -0.4 is 20.8 Å². The van der Waals surface area contributed by atoms with Crippen LogP contribution in [0.15, 0.2) is 84.9 Å². The van der Waals surface area contributed by atoms with E-state index in [4.69, 9.17) is 0 Å². The molecule has 0 aromatic heterocycles. The third kappa shape index (κ3) is 2.85. The van der Waals surface area contributed by atoms with Crippen molar-refractivity contribution < 1.29 is 4.79 Å². The zero-order chi connectivity index (χ0) is 18.0. The van der Waals surface area contributed by atoms with Crippen LogP contribution in [0.4, 0.5) is 5.69 Å². The normalized spacial score (nSPS) is 14.7. The van der Waals surface area contributed by atoms with Crippen LogP contribution in [0, 0.1) is 0 Å². The molecule has 0 saturated carbocycles. The third-order valence-corrected chi connectivity index (χ3v) is 9.28. The molecule has 0 bridgehead atoms.